The molecule has 0 N–H and O–H groups in total. The highest BCUT2D eigenvalue weighted by molar-refractivity contribution is 6.33. The number of fused-ring (bicyclic) bond motifs is 1. The van der Waals surface area contributed by atoms with Crippen LogP contribution in [0.5, 0.6) is 5.75 Å². The average Bonchev–Trinajstić information content (AvgIpc) is 2.67. The predicted octanol–water partition coefficient (Wildman–Crippen LogP) is 6.27. The van der Waals surface area contributed by atoms with E-state index in [4.69, 9.17) is 16.3 Å². The van der Waals surface area contributed by atoms with E-state index in [0.29, 0.717) is 11.6 Å². The van der Waals surface area contributed by atoms with Crippen molar-refractivity contribution >= 4 is 22.4 Å². The molecule has 26 heavy (non-hydrogen) atoms. The van der Waals surface area contributed by atoms with Gasteiger partial charge < -0.3 is 4.74 Å². The van der Waals surface area contributed by atoms with Gasteiger partial charge in [-0.3, -0.25) is 4.98 Å². The second-order valence-corrected chi connectivity index (χ2v) is 6.33. The Kier molecular flexibility index (Phi) is 4.55. The summed E-state index contributed by atoms with van der Waals surface area (Å²) in [6.45, 7) is 0.380. The first-order valence-electron chi connectivity index (χ1n) is 8.21. The Morgan fingerprint density at radius 2 is 1.81 bits per heavy atom. The molecule has 0 unspecified atom stereocenters. The van der Waals surface area contributed by atoms with Crippen molar-refractivity contribution in [2.45, 2.75) is 6.61 Å². The van der Waals surface area contributed by atoms with Gasteiger partial charge in [0.25, 0.3) is 0 Å². The monoisotopic (exact) mass is 363 g/mol. The summed E-state index contributed by atoms with van der Waals surface area (Å²) in [5.74, 6) is 0.446. The van der Waals surface area contributed by atoms with Crippen LogP contribution in [0, 0.1) is 5.82 Å². The van der Waals surface area contributed by atoms with Gasteiger partial charge in [-0.1, -0.05) is 48.0 Å². The fraction of sp³-hybridized carbons (Fsp3) is 0.0455. The van der Waals surface area contributed by atoms with Crippen LogP contribution in [0.15, 0.2) is 79.1 Å². The van der Waals surface area contributed by atoms with Crippen molar-refractivity contribution in [2.24, 2.45) is 0 Å². The molecule has 4 aromatic rings. The number of aromatic nitrogens is 1. The summed E-state index contributed by atoms with van der Waals surface area (Å²) >= 11 is 6.24. The maximum Gasteiger partial charge on any atom is 0.127 e. The number of ether oxygens (including phenoxy) is 1. The van der Waals surface area contributed by atoms with Gasteiger partial charge in [-0.05, 0) is 41.5 Å². The zero-order chi connectivity index (χ0) is 17.9. The van der Waals surface area contributed by atoms with Gasteiger partial charge in [0.1, 0.15) is 18.2 Å². The minimum atomic E-state index is -0.350. The lowest BCUT2D eigenvalue weighted by molar-refractivity contribution is 0.310. The largest absolute Gasteiger partial charge is 0.488 e. The molecule has 0 saturated heterocycles. The maximum atomic E-state index is 13.4. The van der Waals surface area contributed by atoms with Crippen LogP contribution in [0.3, 0.4) is 0 Å². The molecule has 0 fully saturated rings. The second-order valence-electron chi connectivity index (χ2n) is 5.92. The number of pyridine rings is 1. The average molecular weight is 364 g/mol. The summed E-state index contributed by atoms with van der Waals surface area (Å²) in [5.41, 5.74) is 2.70. The SMILES string of the molecule is Fc1ccc(-c2ccccc2COc2cccc3cnccc23)c(Cl)c1. The standard InChI is InChI=1S/C22H15ClFNO/c23-21-12-17(24)8-9-20(21)18-6-2-1-4-16(18)14-26-22-7-3-5-15-13-25-11-10-19(15)22/h1-13H,14H2. The van der Waals surface area contributed by atoms with E-state index in [9.17, 15) is 4.39 Å². The highest BCUT2D eigenvalue weighted by Crippen LogP contribution is 2.32. The normalized spacial score (nSPS) is 10.8. The smallest absolute Gasteiger partial charge is 0.127 e. The molecular weight excluding hydrogens is 349 g/mol. The third-order valence-electron chi connectivity index (χ3n) is 4.26. The molecule has 0 radical (unpaired) electrons. The lowest BCUT2D eigenvalue weighted by Gasteiger charge is -2.13. The van der Waals surface area contributed by atoms with Crippen LogP contribution in [0.1, 0.15) is 5.56 Å². The van der Waals surface area contributed by atoms with Gasteiger partial charge >= 0.3 is 0 Å². The molecule has 0 aliphatic rings. The van der Waals surface area contributed by atoms with E-state index in [1.165, 1.54) is 12.1 Å². The van der Waals surface area contributed by atoms with Crippen molar-refractivity contribution < 1.29 is 9.13 Å². The Labute approximate surface area is 155 Å². The van der Waals surface area contributed by atoms with Crippen molar-refractivity contribution in [3.8, 4) is 16.9 Å². The van der Waals surface area contributed by atoms with Gasteiger partial charge in [-0.25, -0.2) is 4.39 Å². The molecule has 0 spiro atoms. The number of halogens is 2. The highest BCUT2D eigenvalue weighted by atomic mass is 35.5. The Balaban J connectivity index is 1.67. The van der Waals surface area contributed by atoms with Crippen LogP contribution < -0.4 is 4.74 Å². The van der Waals surface area contributed by atoms with Gasteiger partial charge in [0.15, 0.2) is 0 Å². The Morgan fingerprint density at radius 1 is 0.923 bits per heavy atom. The van der Waals surface area contributed by atoms with Crippen molar-refractivity contribution in [1.82, 2.24) is 4.98 Å². The zero-order valence-corrected chi connectivity index (χ0v) is 14.6. The molecule has 4 rings (SSSR count). The number of hydrogen-bond donors (Lipinski definition) is 0. The lowest BCUT2D eigenvalue weighted by Crippen LogP contribution is -1.99. The molecular formula is C22H15ClFNO. The summed E-state index contributed by atoms with van der Waals surface area (Å²) in [6, 6.07) is 20.1. The van der Waals surface area contributed by atoms with Crippen molar-refractivity contribution in [3.63, 3.8) is 0 Å². The summed E-state index contributed by atoms with van der Waals surface area (Å²) in [6.07, 6.45) is 3.57. The molecule has 0 aliphatic heterocycles. The summed E-state index contributed by atoms with van der Waals surface area (Å²) in [7, 11) is 0. The van der Waals surface area contributed by atoms with Gasteiger partial charge in [-0.15, -0.1) is 0 Å². The first kappa shape index (κ1) is 16.6. The molecule has 0 saturated carbocycles. The Hall–Kier alpha value is -2.91. The molecule has 0 atom stereocenters. The van der Waals surface area contributed by atoms with Crippen LogP contribution >= 0.6 is 11.6 Å². The molecule has 0 bridgehead atoms. The second kappa shape index (κ2) is 7.14. The number of benzene rings is 3. The molecule has 0 amide bonds. The van der Waals surface area contributed by atoms with E-state index in [1.54, 1.807) is 12.3 Å². The van der Waals surface area contributed by atoms with E-state index in [2.05, 4.69) is 4.98 Å². The van der Waals surface area contributed by atoms with Gasteiger partial charge in [0, 0.05) is 28.7 Å². The third-order valence-corrected chi connectivity index (χ3v) is 4.58. The van der Waals surface area contributed by atoms with Gasteiger partial charge in [-0.2, -0.15) is 0 Å². The highest BCUT2D eigenvalue weighted by Gasteiger charge is 2.10. The zero-order valence-electron chi connectivity index (χ0n) is 13.8. The summed E-state index contributed by atoms with van der Waals surface area (Å²) in [5, 5.41) is 2.42. The number of hydrogen-bond acceptors (Lipinski definition) is 2. The van der Waals surface area contributed by atoms with Crippen LogP contribution in [0.2, 0.25) is 5.02 Å². The van der Waals surface area contributed by atoms with Crippen molar-refractivity contribution in [1.29, 1.82) is 0 Å². The van der Waals surface area contributed by atoms with Gasteiger partial charge in [0.05, 0.1) is 5.02 Å². The summed E-state index contributed by atoms with van der Waals surface area (Å²) < 4.78 is 19.5. The molecule has 128 valence electrons. The van der Waals surface area contributed by atoms with E-state index in [1.807, 2.05) is 54.7 Å². The fourth-order valence-electron chi connectivity index (χ4n) is 2.99. The molecule has 2 nitrogen and oxygen atoms in total. The predicted molar refractivity (Wildman–Crippen MR) is 103 cm³/mol. The summed E-state index contributed by atoms with van der Waals surface area (Å²) in [4.78, 5) is 4.14. The topological polar surface area (TPSA) is 22.1 Å². The minimum absolute atomic E-state index is 0.350. The maximum absolute atomic E-state index is 13.4. The van der Waals surface area contributed by atoms with E-state index >= 15 is 0 Å². The molecule has 4 heteroatoms. The van der Waals surface area contributed by atoms with Crippen molar-refractivity contribution in [2.75, 3.05) is 0 Å². The van der Waals surface area contributed by atoms with E-state index < -0.39 is 0 Å². The quantitative estimate of drug-likeness (QED) is 0.426. The lowest BCUT2D eigenvalue weighted by atomic mass is 10.00. The van der Waals surface area contributed by atoms with Crippen LogP contribution in [-0.4, -0.2) is 4.98 Å². The first-order chi connectivity index (χ1) is 12.7. The number of nitrogens with zero attached hydrogens (tertiary/aromatic N) is 1. The van der Waals surface area contributed by atoms with Crippen LogP contribution in [0.4, 0.5) is 4.39 Å². The van der Waals surface area contributed by atoms with E-state index in [0.717, 1.165) is 33.2 Å². The molecule has 0 aliphatic carbocycles. The Bertz CT molecular complexity index is 1080. The molecule has 3 aromatic carbocycles. The van der Waals surface area contributed by atoms with Gasteiger partial charge in [0.2, 0.25) is 0 Å². The number of rotatable bonds is 4. The molecule has 1 aromatic heterocycles. The van der Waals surface area contributed by atoms with E-state index in [-0.39, 0.29) is 5.82 Å². The minimum Gasteiger partial charge on any atom is -0.488 e. The molecule has 1 heterocycles. The van der Waals surface area contributed by atoms with Crippen molar-refractivity contribution in [3.05, 3.63) is 95.5 Å². The fourth-order valence-corrected chi connectivity index (χ4v) is 3.26. The first-order valence-corrected chi connectivity index (χ1v) is 8.59. The van der Waals surface area contributed by atoms with Crippen LogP contribution in [0.25, 0.3) is 21.9 Å². The van der Waals surface area contributed by atoms with Crippen LogP contribution in [-0.2, 0) is 6.61 Å². The Morgan fingerprint density at radius 3 is 2.69 bits per heavy atom. The third kappa shape index (κ3) is 3.26.